The normalized spacial score (nSPS) is 17.3. The van der Waals surface area contributed by atoms with E-state index in [1.165, 1.54) is 6.07 Å². The van der Waals surface area contributed by atoms with Gasteiger partial charge in [0.1, 0.15) is 5.75 Å². The Labute approximate surface area is 114 Å². The number of aromatic hydroxyl groups is 1. The van der Waals surface area contributed by atoms with Crippen LogP contribution in [0.1, 0.15) is 30.1 Å². The fraction of sp³-hybridized carbons (Fsp3) is 0.533. The molecule has 4 heteroatoms. The molecule has 0 spiro atoms. The van der Waals surface area contributed by atoms with E-state index in [0.29, 0.717) is 18.0 Å². The van der Waals surface area contributed by atoms with Crippen LogP contribution in [-0.4, -0.2) is 42.1 Å². The summed E-state index contributed by atoms with van der Waals surface area (Å²) in [5.74, 6) is 0.412. The fourth-order valence-corrected chi connectivity index (χ4v) is 2.50. The number of nitrogens with one attached hydrogen (secondary N) is 1. The van der Waals surface area contributed by atoms with Crippen LogP contribution in [0.15, 0.2) is 24.3 Å². The number of phenols is 1. The molecule has 104 valence electrons. The smallest absolute Gasteiger partial charge is 0.255 e. The lowest BCUT2D eigenvalue weighted by Crippen LogP contribution is -2.38. The van der Waals surface area contributed by atoms with E-state index in [4.69, 9.17) is 0 Å². The third kappa shape index (κ3) is 3.70. The van der Waals surface area contributed by atoms with Crippen LogP contribution in [0.25, 0.3) is 0 Å². The van der Waals surface area contributed by atoms with E-state index < -0.39 is 0 Å². The predicted octanol–water partition coefficient (Wildman–Crippen LogP) is 1.85. The van der Waals surface area contributed by atoms with Gasteiger partial charge >= 0.3 is 0 Å². The molecule has 1 aliphatic heterocycles. The third-order valence-corrected chi connectivity index (χ3v) is 3.85. The van der Waals surface area contributed by atoms with Crippen molar-refractivity contribution in [1.82, 2.24) is 10.2 Å². The molecule has 0 atom stereocenters. The number of phenolic OH excluding ortho intramolecular Hbond substituents is 1. The highest BCUT2D eigenvalue weighted by molar-refractivity contribution is 5.96. The summed E-state index contributed by atoms with van der Waals surface area (Å²) in [5.41, 5.74) is 0.355. The van der Waals surface area contributed by atoms with Gasteiger partial charge in [0.05, 0.1) is 5.56 Å². The van der Waals surface area contributed by atoms with Gasteiger partial charge in [0.25, 0.3) is 5.91 Å². The Morgan fingerprint density at radius 2 is 2.05 bits per heavy atom. The molecule has 0 unspecified atom stereocenters. The molecule has 1 amide bonds. The van der Waals surface area contributed by atoms with E-state index in [1.807, 2.05) is 0 Å². The molecule has 0 aromatic heterocycles. The summed E-state index contributed by atoms with van der Waals surface area (Å²) in [6, 6.07) is 6.65. The number of carbonyl (C=O) groups is 1. The molecule has 1 saturated heterocycles. The van der Waals surface area contributed by atoms with Crippen LogP contribution < -0.4 is 5.32 Å². The second-order valence-corrected chi connectivity index (χ2v) is 5.10. The summed E-state index contributed by atoms with van der Waals surface area (Å²) < 4.78 is 0. The monoisotopic (exact) mass is 262 g/mol. The van der Waals surface area contributed by atoms with Crippen molar-refractivity contribution < 1.29 is 9.90 Å². The lowest BCUT2D eigenvalue weighted by atomic mass is 9.96. The van der Waals surface area contributed by atoms with Crippen LogP contribution in [0.3, 0.4) is 0 Å². The average Bonchev–Trinajstić information content (AvgIpc) is 2.46. The summed E-state index contributed by atoms with van der Waals surface area (Å²) in [5, 5.41) is 12.5. The zero-order chi connectivity index (χ0) is 13.7. The number of benzene rings is 1. The van der Waals surface area contributed by atoms with Gasteiger partial charge < -0.3 is 15.3 Å². The van der Waals surface area contributed by atoms with Crippen molar-refractivity contribution in [2.45, 2.75) is 19.8 Å². The van der Waals surface area contributed by atoms with E-state index >= 15 is 0 Å². The number of likely N-dealkylation sites (tertiary alicyclic amines) is 1. The number of amides is 1. The first-order chi connectivity index (χ1) is 9.20. The molecular formula is C15H22N2O2. The molecule has 1 aliphatic rings. The Morgan fingerprint density at radius 3 is 2.68 bits per heavy atom. The lowest BCUT2D eigenvalue weighted by Gasteiger charge is -2.31. The Hall–Kier alpha value is -1.55. The molecular weight excluding hydrogens is 240 g/mol. The first kappa shape index (κ1) is 13.9. The van der Waals surface area contributed by atoms with Crippen LogP contribution in [0, 0.1) is 5.92 Å². The second-order valence-electron chi connectivity index (χ2n) is 5.10. The minimum Gasteiger partial charge on any atom is -0.507 e. The highest BCUT2D eigenvalue weighted by Crippen LogP contribution is 2.18. The van der Waals surface area contributed by atoms with Gasteiger partial charge in [0.15, 0.2) is 0 Å². The first-order valence-corrected chi connectivity index (χ1v) is 6.99. The van der Waals surface area contributed by atoms with Gasteiger partial charge in [-0.2, -0.15) is 0 Å². The largest absolute Gasteiger partial charge is 0.507 e. The van der Waals surface area contributed by atoms with Crippen molar-refractivity contribution in [2.24, 2.45) is 5.92 Å². The van der Waals surface area contributed by atoms with E-state index in [2.05, 4.69) is 17.1 Å². The van der Waals surface area contributed by atoms with Crippen molar-refractivity contribution in [1.29, 1.82) is 0 Å². The molecule has 1 aromatic carbocycles. The summed E-state index contributed by atoms with van der Waals surface area (Å²) in [6.07, 6.45) is 2.27. The number of hydrogen-bond acceptors (Lipinski definition) is 3. The number of piperidine rings is 1. The van der Waals surface area contributed by atoms with Crippen molar-refractivity contribution in [2.75, 3.05) is 26.2 Å². The van der Waals surface area contributed by atoms with Gasteiger partial charge in [0, 0.05) is 6.54 Å². The Kier molecular flexibility index (Phi) is 4.80. The number of carbonyl (C=O) groups excluding carboxylic acids is 1. The first-order valence-electron chi connectivity index (χ1n) is 6.99. The van der Waals surface area contributed by atoms with E-state index in [1.54, 1.807) is 18.2 Å². The number of hydrogen-bond donors (Lipinski definition) is 2. The average molecular weight is 262 g/mol. The summed E-state index contributed by atoms with van der Waals surface area (Å²) in [6.45, 7) is 6.23. The van der Waals surface area contributed by atoms with Gasteiger partial charge in [-0.1, -0.05) is 19.1 Å². The molecule has 1 heterocycles. The molecule has 2 N–H and O–H groups in total. The Balaban J connectivity index is 1.80. The maximum atomic E-state index is 11.9. The van der Waals surface area contributed by atoms with Gasteiger partial charge in [-0.25, -0.2) is 0 Å². The van der Waals surface area contributed by atoms with Gasteiger partial charge in [-0.05, 0) is 50.5 Å². The highest BCUT2D eigenvalue weighted by Gasteiger charge is 2.19. The summed E-state index contributed by atoms with van der Waals surface area (Å²) >= 11 is 0. The second kappa shape index (κ2) is 6.57. The Morgan fingerprint density at radius 1 is 1.37 bits per heavy atom. The molecule has 0 aliphatic carbocycles. The summed E-state index contributed by atoms with van der Waals surface area (Å²) in [4.78, 5) is 14.4. The van der Waals surface area contributed by atoms with E-state index in [0.717, 1.165) is 32.5 Å². The van der Waals surface area contributed by atoms with Crippen molar-refractivity contribution in [3.8, 4) is 5.75 Å². The van der Waals surface area contributed by atoms with Crippen molar-refractivity contribution in [3.63, 3.8) is 0 Å². The third-order valence-electron chi connectivity index (χ3n) is 3.85. The SMILES string of the molecule is CCN1CCC(CNC(=O)c2ccccc2O)CC1. The van der Waals surface area contributed by atoms with Gasteiger partial charge in [-0.15, -0.1) is 0 Å². The van der Waals surface area contributed by atoms with E-state index in [9.17, 15) is 9.90 Å². The predicted molar refractivity (Wildman–Crippen MR) is 75.3 cm³/mol. The maximum Gasteiger partial charge on any atom is 0.255 e. The maximum absolute atomic E-state index is 11.9. The highest BCUT2D eigenvalue weighted by atomic mass is 16.3. The van der Waals surface area contributed by atoms with E-state index in [-0.39, 0.29) is 11.7 Å². The molecule has 0 saturated carbocycles. The van der Waals surface area contributed by atoms with Gasteiger partial charge in [-0.3, -0.25) is 4.79 Å². The van der Waals surface area contributed by atoms with Crippen molar-refractivity contribution in [3.05, 3.63) is 29.8 Å². The zero-order valence-corrected chi connectivity index (χ0v) is 11.4. The number of rotatable bonds is 4. The van der Waals surface area contributed by atoms with Crippen LogP contribution in [0.2, 0.25) is 0 Å². The minimum absolute atomic E-state index is 0.0424. The minimum atomic E-state index is -0.184. The molecule has 1 fully saturated rings. The molecule has 1 aromatic rings. The molecule has 0 bridgehead atoms. The van der Waals surface area contributed by atoms with Crippen molar-refractivity contribution >= 4 is 5.91 Å². The standard InChI is InChI=1S/C15H22N2O2/c1-2-17-9-7-12(8-10-17)11-16-15(19)13-5-3-4-6-14(13)18/h3-6,12,18H,2,7-11H2,1H3,(H,16,19). The fourth-order valence-electron chi connectivity index (χ4n) is 2.50. The molecule has 4 nitrogen and oxygen atoms in total. The topological polar surface area (TPSA) is 52.6 Å². The van der Waals surface area contributed by atoms with Crippen LogP contribution in [-0.2, 0) is 0 Å². The summed E-state index contributed by atoms with van der Waals surface area (Å²) in [7, 11) is 0. The quantitative estimate of drug-likeness (QED) is 0.870. The molecule has 2 rings (SSSR count). The number of para-hydroxylation sites is 1. The van der Waals surface area contributed by atoms with Crippen LogP contribution in [0.5, 0.6) is 5.75 Å². The molecule has 19 heavy (non-hydrogen) atoms. The Bertz CT molecular complexity index is 426. The van der Waals surface area contributed by atoms with Gasteiger partial charge in [0.2, 0.25) is 0 Å². The zero-order valence-electron chi connectivity index (χ0n) is 11.4. The van der Waals surface area contributed by atoms with Crippen LogP contribution >= 0.6 is 0 Å². The number of nitrogens with zero attached hydrogens (tertiary/aromatic N) is 1. The molecule has 0 radical (unpaired) electrons. The van der Waals surface area contributed by atoms with Crippen LogP contribution in [0.4, 0.5) is 0 Å². The lowest BCUT2D eigenvalue weighted by molar-refractivity contribution is 0.0934.